The van der Waals surface area contributed by atoms with Crippen LogP contribution in [0.3, 0.4) is 0 Å². The van der Waals surface area contributed by atoms with E-state index in [0.717, 1.165) is 25.0 Å². The number of aromatic nitrogens is 2. The summed E-state index contributed by atoms with van der Waals surface area (Å²) in [6.45, 7) is 3.06. The van der Waals surface area contributed by atoms with Gasteiger partial charge in [-0.1, -0.05) is 25.8 Å². The van der Waals surface area contributed by atoms with Crippen molar-refractivity contribution in [2.24, 2.45) is 0 Å². The topological polar surface area (TPSA) is 84.0 Å². The van der Waals surface area contributed by atoms with Gasteiger partial charge in [-0.05, 0) is 30.7 Å². The first-order valence-electron chi connectivity index (χ1n) is 8.13. The van der Waals surface area contributed by atoms with Crippen LogP contribution >= 0.6 is 0 Å². The number of amides is 2. The quantitative estimate of drug-likeness (QED) is 0.729. The lowest BCUT2D eigenvalue weighted by atomic mass is 10.2. The first-order valence-corrected chi connectivity index (χ1v) is 8.13. The van der Waals surface area contributed by atoms with Crippen molar-refractivity contribution in [3.05, 3.63) is 59.7 Å². The second-order valence-electron chi connectivity index (χ2n) is 5.40. The van der Waals surface area contributed by atoms with Crippen molar-refractivity contribution in [2.75, 3.05) is 6.54 Å². The van der Waals surface area contributed by atoms with Gasteiger partial charge in [0.2, 0.25) is 0 Å². The van der Waals surface area contributed by atoms with Gasteiger partial charge in [-0.3, -0.25) is 19.6 Å². The SMILES string of the molecule is CCCCCNC(=O)c1cc(C(=O)NCc2ccccn2)ccn1. The summed E-state index contributed by atoms with van der Waals surface area (Å²) in [7, 11) is 0. The van der Waals surface area contributed by atoms with Crippen LogP contribution in [0, 0.1) is 0 Å². The monoisotopic (exact) mass is 326 g/mol. The third kappa shape index (κ3) is 5.46. The van der Waals surface area contributed by atoms with Gasteiger partial charge in [0.15, 0.2) is 0 Å². The molecule has 0 saturated carbocycles. The normalized spacial score (nSPS) is 10.2. The van der Waals surface area contributed by atoms with Gasteiger partial charge in [0.1, 0.15) is 5.69 Å². The van der Waals surface area contributed by atoms with E-state index in [4.69, 9.17) is 0 Å². The number of hydrogen-bond donors (Lipinski definition) is 2. The van der Waals surface area contributed by atoms with Gasteiger partial charge in [0.25, 0.3) is 11.8 Å². The molecule has 0 aliphatic heterocycles. The third-order valence-electron chi connectivity index (χ3n) is 3.48. The number of carbonyl (C=O) groups excluding carboxylic acids is 2. The number of nitrogens with zero attached hydrogens (tertiary/aromatic N) is 2. The molecular weight excluding hydrogens is 304 g/mol. The van der Waals surface area contributed by atoms with Crippen molar-refractivity contribution in [2.45, 2.75) is 32.7 Å². The lowest BCUT2D eigenvalue weighted by Crippen LogP contribution is -2.27. The maximum absolute atomic E-state index is 12.2. The second-order valence-corrected chi connectivity index (χ2v) is 5.40. The Morgan fingerprint density at radius 3 is 2.62 bits per heavy atom. The fourth-order valence-corrected chi connectivity index (χ4v) is 2.14. The molecule has 6 nitrogen and oxygen atoms in total. The van der Waals surface area contributed by atoms with Gasteiger partial charge >= 0.3 is 0 Å². The highest BCUT2D eigenvalue weighted by atomic mass is 16.2. The van der Waals surface area contributed by atoms with E-state index in [2.05, 4.69) is 27.5 Å². The average molecular weight is 326 g/mol. The Morgan fingerprint density at radius 1 is 1.00 bits per heavy atom. The van der Waals surface area contributed by atoms with Crippen LogP contribution < -0.4 is 10.6 Å². The van der Waals surface area contributed by atoms with E-state index in [0.29, 0.717) is 18.7 Å². The van der Waals surface area contributed by atoms with E-state index >= 15 is 0 Å². The molecule has 2 N–H and O–H groups in total. The Bertz CT molecular complexity index is 674. The molecule has 0 unspecified atom stereocenters. The molecule has 2 rings (SSSR count). The molecule has 0 saturated heterocycles. The molecule has 0 aliphatic rings. The summed E-state index contributed by atoms with van der Waals surface area (Å²) in [5.41, 5.74) is 1.42. The standard InChI is InChI=1S/C18H22N4O2/c1-2-3-5-10-21-18(24)16-12-14(8-11-20-16)17(23)22-13-15-7-4-6-9-19-15/h4,6-9,11-12H,2-3,5,10,13H2,1H3,(H,21,24)(H,22,23). The molecule has 0 spiro atoms. The Morgan fingerprint density at radius 2 is 1.88 bits per heavy atom. The minimum atomic E-state index is -0.261. The zero-order valence-electron chi connectivity index (χ0n) is 13.8. The predicted molar refractivity (Wildman–Crippen MR) is 91.5 cm³/mol. The Labute approximate surface area is 141 Å². The van der Waals surface area contributed by atoms with Crippen molar-refractivity contribution >= 4 is 11.8 Å². The van der Waals surface area contributed by atoms with Crippen LogP contribution in [0.2, 0.25) is 0 Å². The van der Waals surface area contributed by atoms with E-state index in [1.807, 2.05) is 18.2 Å². The fourth-order valence-electron chi connectivity index (χ4n) is 2.14. The van der Waals surface area contributed by atoms with Crippen LogP contribution in [0.15, 0.2) is 42.7 Å². The van der Waals surface area contributed by atoms with Gasteiger partial charge < -0.3 is 10.6 Å². The van der Waals surface area contributed by atoms with E-state index in [9.17, 15) is 9.59 Å². The minimum Gasteiger partial charge on any atom is -0.351 e. The molecule has 2 heterocycles. The average Bonchev–Trinajstić information content (AvgIpc) is 2.64. The lowest BCUT2D eigenvalue weighted by molar-refractivity contribution is 0.0948. The molecular formula is C18H22N4O2. The molecule has 0 aliphatic carbocycles. The molecule has 6 heteroatoms. The number of carbonyl (C=O) groups is 2. The number of hydrogen-bond acceptors (Lipinski definition) is 4. The van der Waals surface area contributed by atoms with Crippen LogP contribution in [0.1, 0.15) is 52.7 Å². The third-order valence-corrected chi connectivity index (χ3v) is 3.48. The number of unbranched alkanes of at least 4 members (excludes halogenated alkanes) is 2. The van der Waals surface area contributed by atoms with E-state index in [-0.39, 0.29) is 17.5 Å². The summed E-state index contributed by atoms with van der Waals surface area (Å²) in [6.07, 6.45) is 6.25. The summed E-state index contributed by atoms with van der Waals surface area (Å²) < 4.78 is 0. The molecule has 2 aromatic heterocycles. The van der Waals surface area contributed by atoms with Crippen LogP contribution in [0.4, 0.5) is 0 Å². The summed E-state index contributed by atoms with van der Waals surface area (Å²) >= 11 is 0. The summed E-state index contributed by atoms with van der Waals surface area (Å²) in [4.78, 5) is 32.4. The molecule has 0 radical (unpaired) electrons. The van der Waals surface area contributed by atoms with Gasteiger partial charge in [-0.2, -0.15) is 0 Å². The van der Waals surface area contributed by atoms with Crippen LogP contribution in [-0.2, 0) is 6.54 Å². The maximum Gasteiger partial charge on any atom is 0.269 e. The van der Waals surface area contributed by atoms with E-state index < -0.39 is 0 Å². The van der Waals surface area contributed by atoms with Crippen LogP contribution in [0.25, 0.3) is 0 Å². The summed E-state index contributed by atoms with van der Waals surface area (Å²) in [5.74, 6) is -0.520. The van der Waals surface area contributed by atoms with Crippen LogP contribution in [0.5, 0.6) is 0 Å². The van der Waals surface area contributed by atoms with Crippen molar-refractivity contribution in [3.8, 4) is 0 Å². The van der Waals surface area contributed by atoms with Gasteiger partial charge in [-0.25, -0.2) is 0 Å². The second kappa shape index (κ2) is 9.39. The fraction of sp³-hybridized carbons (Fsp3) is 0.333. The largest absolute Gasteiger partial charge is 0.351 e. The van der Waals surface area contributed by atoms with Crippen molar-refractivity contribution in [1.82, 2.24) is 20.6 Å². The molecule has 2 aromatic rings. The maximum atomic E-state index is 12.2. The van der Waals surface area contributed by atoms with Crippen molar-refractivity contribution in [3.63, 3.8) is 0 Å². The smallest absolute Gasteiger partial charge is 0.269 e. The van der Waals surface area contributed by atoms with Crippen molar-refractivity contribution < 1.29 is 9.59 Å². The Balaban J connectivity index is 1.91. The molecule has 0 bridgehead atoms. The highest BCUT2D eigenvalue weighted by Crippen LogP contribution is 2.03. The number of nitrogens with one attached hydrogen (secondary N) is 2. The zero-order valence-corrected chi connectivity index (χ0v) is 13.8. The summed E-state index contributed by atoms with van der Waals surface area (Å²) in [6, 6.07) is 8.61. The molecule has 126 valence electrons. The molecule has 0 aromatic carbocycles. The van der Waals surface area contributed by atoms with Gasteiger partial charge in [-0.15, -0.1) is 0 Å². The highest BCUT2D eigenvalue weighted by Gasteiger charge is 2.11. The van der Waals surface area contributed by atoms with Crippen molar-refractivity contribution in [1.29, 1.82) is 0 Å². The number of rotatable bonds is 8. The highest BCUT2D eigenvalue weighted by molar-refractivity contribution is 5.98. The Kier molecular flexibility index (Phi) is 6.89. The number of pyridine rings is 2. The first-order chi connectivity index (χ1) is 11.7. The van der Waals surface area contributed by atoms with Crippen LogP contribution in [-0.4, -0.2) is 28.3 Å². The molecule has 0 atom stereocenters. The van der Waals surface area contributed by atoms with Gasteiger partial charge in [0, 0.05) is 24.5 Å². The van der Waals surface area contributed by atoms with Gasteiger partial charge in [0.05, 0.1) is 12.2 Å². The zero-order chi connectivity index (χ0) is 17.2. The first kappa shape index (κ1) is 17.6. The minimum absolute atomic E-state index is 0.247. The molecule has 2 amide bonds. The summed E-state index contributed by atoms with van der Waals surface area (Å²) in [5, 5.41) is 5.59. The van der Waals surface area contributed by atoms with E-state index in [1.165, 1.54) is 12.3 Å². The predicted octanol–water partition coefficient (Wildman–Crippen LogP) is 2.33. The molecule has 24 heavy (non-hydrogen) atoms. The lowest BCUT2D eigenvalue weighted by Gasteiger charge is -2.07. The Hall–Kier alpha value is -2.76. The van der Waals surface area contributed by atoms with E-state index in [1.54, 1.807) is 12.3 Å². The molecule has 0 fully saturated rings.